The van der Waals surface area contributed by atoms with Crippen LogP contribution in [0.2, 0.25) is 0 Å². The third-order valence-corrected chi connectivity index (χ3v) is 4.89. The van der Waals surface area contributed by atoms with Crippen LogP contribution >= 0.6 is 0 Å². The molecule has 0 amide bonds. The highest BCUT2D eigenvalue weighted by molar-refractivity contribution is 7.89. The summed E-state index contributed by atoms with van der Waals surface area (Å²) in [5.74, 6) is -1.13. The number of benzene rings is 1. The molecule has 112 valence electrons. The van der Waals surface area contributed by atoms with Crippen LogP contribution < -0.4 is 4.72 Å². The molecule has 0 aromatic heterocycles. The van der Waals surface area contributed by atoms with E-state index in [1.165, 1.54) is 25.1 Å². The van der Waals surface area contributed by atoms with Crippen LogP contribution in [0.4, 0.5) is 0 Å². The summed E-state index contributed by atoms with van der Waals surface area (Å²) in [7, 11) is -3.69. The highest BCUT2D eigenvalue weighted by Crippen LogP contribution is 2.19. The molecule has 0 heterocycles. The molecule has 1 aromatic rings. The summed E-state index contributed by atoms with van der Waals surface area (Å²) in [6.07, 6.45) is 2.70. The molecule has 0 bridgehead atoms. The van der Waals surface area contributed by atoms with Gasteiger partial charge in [0.2, 0.25) is 10.0 Å². The van der Waals surface area contributed by atoms with Crippen LogP contribution in [-0.4, -0.2) is 25.5 Å². The van der Waals surface area contributed by atoms with Crippen LogP contribution in [0.25, 0.3) is 0 Å². The molecule has 2 N–H and O–H groups in total. The van der Waals surface area contributed by atoms with Gasteiger partial charge >= 0.3 is 5.97 Å². The Hall–Kier alpha value is -1.40. The van der Waals surface area contributed by atoms with Crippen molar-refractivity contribution in [2.75, 3.05) is 0 Å². The van der Waals surface area contributed by atoms with Crippen LogP contribution in [0.15, 0.2) is 23.1 Å². The maximum atomic E-state index is 12.3. The van der Waals surface area contributed by atoms with Gasteiger partial charge in [0.1, 0.15) is 0 Å². The zero-order valence-corrected chi connectivity index (χ0v) is 12.8. The molecule has 20 heavy (non-hydrogen) atoms. The molecule has 1 unspecified atom stereocenters. The van der Waals surface area contributed by atoms with E-state index in [0.717, 1.165) is 19.3 Å². The molecule has 0 radical (unpaired) electrons. The largest absolute Gasteiger partial charge is 0.478 e. The fourth-order valence-electron chi connectivity index (χ4n) is 2.03. The molecule has 0 aliphatic carbocycles. The summed E-state index contributed by atoms with van der Waals surface area (Å²) < 4.78 is 27.2. The van der Waals surface area contributed by atoms with Crippen molar-refractivity contribution in [3.05, 3.63) is 29.3 Å². The van der Waals surface area contributed by atoms with Gasteiger partial charge in [-0.2, -0.15) is 0 Å². The molecule has 0 spiro atoms. The first-order valence-electron chi connectivity index (χ1n) is 6.64. The Morgan fingerprint density at radius 2 is 2.05 bits per heavy atom. The third-order valence-electron chi connectivity index (χ3n) is 3.15. The summed E-state index contributed by atoms with van der Waals surface area (Å²) in [5, 5.41) is 9.04. The average Bonchev–Trinajstić information content (AvgIpc) is 2.35. The SMILES string of the molecule is CCCCC(C)NS(=O)(=O)c1cccc(C(=O)O)c1C. The number of carboxylic acid groups (broad SMARTS) is 1. The lowest BCUT2D eigenvalue weighted by Gasteiger charge is -2.15. The number of unbranched alkanes of at least 4 members (excludes halogenated alkanes) is 1. The van der Waals surface area contributed by atoms with E-state index in [1.807, 2.05) is 13.8 Å². The van der Waals surface area contributed by atoms with E-state index in [4.69, 9.17) is 5.11 Å². The second kappa shape index (κ2) is 6.85. The maximum Gasteiger partial charge on any atom is 0.335 e. The summed E-state index contributed by atoms with van der Waals surface area (Å²) in [6, 6.07) is 4.10. The van der Waals surface area contributed by atoms with Gasteiger partial charge in [0, 0.05) is 6.04 Å². The fourth-order valence-corrected chi connectivity index (χ4v) is 3.58. The predicted molar refractivity (Wildman–Crippen MR) is 77.4 cm³/mol. The maximum absolute atomic E-state index is 12.3. The number of hydrogen-bond donors (Lipinski definition) is 2. The highest BCUT2D eigenvalue weighted by Gasteiger charge is 2.22. The van der Waals surface area contributed by atoms with Gasteiger partial charge in [0.25, 0.3) is 0 Å². The second-order valence-electron chi connectivity index (χ2n) is 4.90. The number of carbonyl (C=O) groups is 1. The molecular formula is C14H21NO4S. The minimum atomic E-state index is -3.69. The molecule has 5 nitrogen and oxygen atoms in total. The van der Waals surface area contributed by atoms with Crippen molar-refractivity contribution >= 4 is 16.0 Å². The standard InChI is InChI=1S/C14H21NO4S/c1-4-5-7-10(2)15-20(18,19)13-9-6-8-12(11(13)3)14(16)17/h6,8-10,15H,4-5,7H2,1-3H3,(H,16,17). The number of carboxylic acids is 1. The summed E-state index contributed by atoms with van der Waals surface area (Å²) in [5.41, 5.74) is 0.268. The van der Waals surface area contributed by atoms with Crippen molar-refractivity contribution in [2.24, 2.45) is 0 Å². The predicted octanol–water partition coefficient (Wildman–Crippen LogP) is 2.55. The van der Waals surface area contributed by atoms with E-state index < -0.39 is 16.0 Å². The van der Waals surface area contributed by atoms with Gasteiger partial charge in [-0.25, -0.2) is 17.9 Å². The number of hydrogen-bond acceptors (Lipinski definition) is 3. The first kappa shape index (κ1) is 16.7. The van der Waals surface area contributed by atoms with E-state index in [1.54, 1.807) is 0 Å². The molecule has 0 saturated heterocycles. The molecule has 1 rings (SSSR count). The number of rotatable bonds is 7. The van der Waals surface area contributed by atoms with Crippen molar-refractivity contribution in [3.63, 3.8) is 0 Å². The second-order valence-corrected chi connectivity index (χ2v) is 6.58. The first-order valence-corrected chi connectivity index (χ1v) is 8.13. The molecule has 0 saturated carbocycles. The van der Waals surface area contributed by atoms with Gasteiger partial charge in [-0.1, -0.05) is 25.8 Å². The van der Waals surface area contributed by atoms with Crippen LogP contribution in [0.1, 0.15) is 49.0 Å². The van der Waals surface area contributed by atoms with Crippen molar-refractivity contribution in [2.45, 2.75) is 51.0 Å². The number of sulfonamides is 1. The highest BCUT2D eigenvalue weighted by atomic mass is 32.2. The molecule has 1 aromatic carbocycles. The Labute approximate surface area is 120 Å². The first-order chi connectivity index (χ1) is 9.29. The Bertz CT molecular complexity index is 581. The summed E-state index contributed by atoms with van der Waals surface area (Å²) in [6.45, 7) is 5.36. The summed E-state index contributed by atoms with van der Waals surface area (Å²) in [4.78, 5) is 11.1. The zero-order valence-electron chi connectivity index (χ0n) is 12.0. The average molecular weight is 299 g/mol. The molecule has 0 aliphatic heterocycles. The van der Waals surface area contributed by atoms with Gasteiger partial charge in [0.15, 0.2) is 0 Å². The lowest BCUT2D eigenvalue weighted by molar-refractivity contribution is 0.0696. The van der Waals surface area contributed by atoms with E-state index in [9.17, 15) is 13.2 Å². The van der Waals surface area contributed by atoms with Gasteiger partial charge in [0.05, 0.1) is 10.5 Å². The van der Waals surface area contributed by atoms with Crippen LogP contribution in [-0.2, 0) is 10.0 Å². The molecule has 0 aliphatic rings. The van der Waals surface area contributed by atoms with Crippen LogP contribution in [0, 0.1) is 6.92 Å². The van der Waals surface area contributed by atoms with Crippen LogP contribution in [0.5, 0.6) is 0 Å². The number of nitrogens with one attached hydrogen (secondary N) is 1. The lowest BCUT2D eigenvalue weighted by atomic mass is 10.1. The van der Waals surface area contributed by atoms with Crippen molar-refractivity contribution in [3.8, 4) is 0 Å². The molecular weight excluding hydrogens is 278 g/mol. The van der Waals surface area contributed by atoms with Crippen molar-refractivity contribution < 1.29 is 18.3 Å². The fraction of sp³-hybridized carbons (Fsp3) is 0.500. The zero-order chi connectivity index (χ0) is 15.3. The topological polar surface area (TPSA) is 83.5 Å². The van der Waals surface area contributed by atoms with E-state index in [0.29, 0.717) is 0 Å². The smallest absolute Gasteiger partial charge is 0.335 e. The molecule has 0 fully saturated rings. The Kier molecular flexibility index (Phi) is 5.71. The van der Waals surface area contributed by atoms with E-state index in [-0.39, 0.29) is 22.1 Å². The Balaban J connectivity index is 3.04. The number of aromatic carboxylic acids is 1. The van der Waals surface area contributed by atoms with Gasteiger partial charge < -0.3 is 5.11 Å². The van der Waals surface area contributed by atoms with Gasteiger partial charge in [-0.05, 0) is 38.0 Å². The lowest BCUT2D eigenvalue weighted by Crippen LogP contribution is -2.33. The molecule has 6 heteroatoms. The van der Waals surface area contributed by atoms with Gasteiger partial charge in [-0.3, -0.25) is 0 Å². The molecule has 1 atom stereocenters. The minimum Gasteiger partial charge on any atom is -0.478 e. The van der Waals surface area contributed by atoms with Crippen molar-refractivity contribution in [1.82, 2.24) is 4.72 Å². The van der Waals surface area contributed by atoms with E-state index in [2.05, 4.69) is 4.72 Å². The van der Waals surface area contributed by atoms with E-state index >= 15 is 0 Å². The Morgan fingerprint density at radius 3 is 2.60 bits per heavy atom. The van der Waals surface area contributed by atoms with Gasteiger partial charge in [-0.15, -0.1) is 0 Å². The van der Waals surface area contributed by atoms with Crippen LogP contribution in [0.3, 0.4) is 0 Å². The van der Waals surface area contributed by atoms with Crippen molar-refractivity contribution in [1.29, 1.82) is 0 Å². The quantitative estimate of drug-likeness (QED) is 0.810. The Morgan fingerprint density at radius 1 is 1.40 bits per heavy atom. The monoisotopic (exact) mass is 299 g/mol. The summed E-state index contributed by atoms with van der Waals surface area (Å²) >= 11 is 0. The minimum absolute atomic E-state index is 0.00841. The third kappa shape index (κ3) is 4.05. The normalized spacial score (nSPS) is 13.2.